The molecule has 2 saturated heterocycles. The molecule has 0 bridgehead atoms. The lowest BCUT2D eigenvalue weighted by molar-refractivity contribution is -0.0838. The first kappa shape index (κ1) is 15.0. The molecule has 1 amide bonds. The monoisotopic (exact) mass is 316 g/mol. The van der Waals surface area contributed by atoms with Crippen molar-refractivity contribution in [1.82, 2.24) is 20.4 Å². The van der Waals surface area contributed by atoms with Gasteiger partial charge in [-0.25, -0.2) is 0 Å². The molecule has 1 saturated carbocycles. The molecule has 1 aromatic rings. The summed E-state index contributed by atoms with van der Waals surface area (Å²) in [5.41, 5.74) is 0.562. The Labute approximate surface area is 136 Å². The summed E-state index contributed by atoms with van der Waals surface area (Å²) in [7, 11) is 0. The highest BCUT2D eigenvalue weighted by atomic mass is 16.5. The molecule has 1 aromatic heterocycles. The number of ether oxygens (including phenoxy) is 1. The van der Waals surface area contributed by atoms with E-state index in [-0.39, 0.29) is 18.1 Å². The van der Waals surface area contributed by atoms with Crippen LogP contribution in [0.1, 0.15) is 36.0 Å². The van der Waals surface area contributed by atoms with Crippen molar-refractivity contribution in [3.63, 3.8) is 0 Å². The molecule has 3 aliphatic rings. The summed E-state index contributed by atoms with van der Waals surface area (Å²) < 4.78 is 6.03. The average Bonchev–Trinajstić information content (AvgIpc) is 3.39. The van der Waals surface area contributed by atoms with Crippen LogP contribution in [0.25, 0.3) is 0 Å². The quantitative estimate of drug-likeness (QED) is 0.901. The molecular formula is C17H24N4O2. The van der Waals surface area contributed by atoms with Crippen molar-refractivity contribution in [3.05, 3.63) is 24.0 Å². The van der Waals surface area contributed by atoms with E-state index in [1.165, 1.54) is 32.0 Å². The van der Waals surface area contributed by atoms with Crippen LogP contribution in [-0.2, 0) is 4.74 Å². The highest BCUT2D eigenvalue weighted by molar-refractivity contribution is 5.94. The van der Waals surface area contributed by atoms with Gasteiger partial charge in [-0.05, 0) is 43.6 Å². The second-order valence-corrected chi connectivity index (χ2v) is 7.11. The fourth-order valence-electron chi connectivity index (χ4n) is 3.91. The van der Waals surface area contributed by atoms with Crippen LogP contribution in [-0.4, -0.2) is 59.4 Å². The molecule has 3 fully saturated rings. The van der Waals surface area contributed by atoms with Crippen molar-refractivity contribution >= 4 is 5.91 Å². The van der Waals surface area contributed by atoms with Gasteiger partial charge in [0.05, 0.1) is 30.1 Å². The van der Waals surface area contributed by atoms with Crippen LogP contribution in [0.5, 0.6) is 0 Å². The molecule has 23 heavy (non-hydrogen) atoms. The van der Waals surface area contributed by atoms with Gasteiger partial charge in [-0.1, -0.05) is 0 Å². The maximum Gasteiger partial charge on any atom is 0.253 e. The molecule has 4 rings (SSSR count). The molecule has 1 aliphatic carbocycles. The van der Waals surface area contributed by atoms with Gasteiger partial charge in [0.1, 0.15) is 0 Å². The Hall–Kier alpha value is -1.53. The molecule has 3 atom stereocenters. The molecule has 0 aromatic carbocycles. The molecule has 6 heteroatoms. The third-order valence-corrected chi connectivity index (χ3v) is 5.21. The SMILES string of the molecule is O=C(N[C@@H]1CN(CC2CC2)C[C@@H]2CCCO[C@@H]21)c1ccnnc1. The predicted octanol–water partition coefficient (Wildman–Crippen LogP) is 1.10. The summed E-state index contributed by atoms with van der Waals surface area (Å²) in [6.07, 6.45) is 8.27. The fraction of sp³-hybridized carbons (Fsp3) is 0.706. The number of carbonyl (C=O) groups is 1. The van der Waals surface area contributed by atoms with E-state index in [0.29, 0.717) is 11.5 Å². The van der Waals surface area contributed by atoms with E-state index in [9.17, 15) is 4.79 Å². The van der Waals surface area contributed by atoms with Crippen LogP contribution < -0.4 is 5.32 Å². The molecule has 124 valence electrons. The van der Waals surface area contributed by atoms with Gasteiger partial charge in [-0.2, -0.15) is 10.2 Å². The van der Waals surface area contributed by atoms with Crippen molar-refractivity contribution in [3.8, 4) is 0 Å². The van der Waals surface area contributed by atoms with E-state index in [1.54, 1.807) is 12.3 Å². The normalized spacial score (nSPS) is 31.4. The van der Waals surface area contributed by atoms with Crippen LogP contribution in [0.2, 0.25) is 0 Å². The van der Waals surface area contributed by atoms with Crippen molar-refractivity contribution in [2.75, 3.05) is 26.2 Å². The van der Waals surface area contributed by atoms with E-state index in [1.807, 2.05) is 0 Å². The number of fused-ring (bicyclic) bond motifs is 1. The van der Waals surface area contributed by atoms with Crippen LogP contribution in [0.4, 0.5) is 0 Å². The zero-order chi connectivity index (χ0) is 15.6. The zero-order valence-corrected chi connectivity index (χ0v) is 13.4. The molecule has 0 radical (unpaired) electrons. The minimum absolute atomic E-state index is 0.0634. The van der Waals surface area contributed by atoms with Gasteiger partial charge >= 0.3 is 0 Å². The number of amides is 1. The van der Waals surface area contributed by atoms with Gasteiger partial charge in [0.15, 0.2) is 0 Å². The number of likely N-dealkylation sites (tertiary alicyclic amines) is 1. The van der Waals surface area contributed by atoms with Crippen molar-refractivity contribution in [1.29, 1.82) is 0 Å². The third-order valence-electron chi connectivity index (χ3n) is 5.21. The first-order valence-corrected chi connectivity index (χ1v) is 8.71. The zero-order valence-electron chi connectivity index (χ0n) is 13.4. The number of rotatable bonds is 4. The van der Waals surface area contributed by atoms with Gasteiger partial charge < -0.3 is 15.0 Å². The fourth-order valence-corrected chi connectivity index (χ4v) is 3.91. The maximum absolute atomic E-state index is 12.5. The summed E-state index contributed by atoms with van der Waals surface area (Å²) in [5, 5.41) is 10.7. The van der Waals surface area contributed by atoms with Crippen molar-refractivity contribution < 1.29 is 9.53 Å². The number of piperidine rings is 1. The Kier molecular flexibility index (Phi) is 4.27. The standard InChI is InChI=1S/C17H24N4O2/c22-17(13-5-6-18-19-8-13)20-15-11-21(9-12-3-4-12)10-14-2-1-7-23-16(14)15/h5-6,8,12,14-16H,1-4,7,9-11H2,(H,20,22)/t14-,15+,16-/m0/s1. The number of aromatic nitrogens is 2. The Morgan fingerprint density at radius 1 is 1.30 bits per heavy atom. The molecular weight excluding hydrogens is 292 g/mol. The van der Waals surface area contributed by atoms with Crippen molar-refractivity contribution in [2.24, 2.45) is 11.8 Å². The molecule has 6 nitrogen and oxygen atoms in total. The Bertz CT molecular complexity index is 549. The lowest BCUT2D eigenvalue weighted by Crippen LogP contribution is -2.61. The molecule has 3 heterocycles. The first-order chi connectivity index (χ1) is 11.3. The van der Waals surface area contributed by atoms with E-state index in [4.69, 9.17) is 4.74 Å². The highest BCUT2D eigenvalue weighted by Gasteiger charge is 2.41. The summed E-state index contributed by atoms with van der Waals surface area (Å²) >= 11 is 0. The van der Waals surface area contributed by atoms with Gasteiger partial charge in [0.25, 0.3) is 5.91 Å². The third kappa shape index (κ3) is 3.53. The number of nitrogens with zero attached hydrogens (tertiary/aromatic N) is 3. The second kappa shape index (κ2) is 6.53. The molecule has 0 spiro atoms. The number of carbonyl (C=O) groups excluding carboxylic acids is 1. The van der Waals surface area contributed by atoms with Crippen LogP contribution in [0.3, 0.4) is 0 Å². The minimum atomic E-state index is -0.0777. The lowest BCUT2D eigenvalue weighted by atomic mass is 9.85. The Morgan fingerprint density at radius 2 is 2.22 bits per heavy atom. The molecule has 2 aliphatic heterocycles. The van der Waals surface area contributed by atoms with Crippen LogP contribution in [0.15, 0.2) is 18.5 Å². The van der Waals surface area contributed by atoms with Gasteiger partial charge in [-0.15, -0.1) is 0 Å². The van der Waals surface area contributed by atoms with E-state index >= 15 is 0 Å². The van der Waals surface area contributed by atoms with E-state index in [2.05, 4.69) is 20.4 Å². The van der Waals surface area contributed by atoms with Crippen LogP contribution >= 0.6 is 0 Å². The van der Waals surface area contributed by atoms with Gasteiger partial charge in [-0.3, -0.25) is 4.79 Å². The molecule has 1 N–H and O–H groups in total. The summed E-state index contributed by atoms with van der Waals surface area (Å²) in [5.74, 6) is 1.33. The highest BCUT2D eigenvalue weighted by Crippen LogP contribution is 2.34. The summed E-state index contributed by atoms with van der Waals surface area (Å²) in [4.78, 5) is 15.0. The van der Waals surface area contributed by atoms with Crippen LogP contribution in [0, 0.1) is 11.8 Å². The maximum atomic E-state index is 12.5. The average molecular weight is 316 g/mol. The summed E-state index contributed by atoms with van der Waals surface area (Å²) in [6.45, 7) is 3.99. The Balaban J connectivity index is 1.45. The summed E-state index contributed by atoms with van der Waals surface area (Å²) in [6, 6.07) is 1.76. The van der Waals surface area contributed by atoms with E-state index in [0.717, 1.165) is 32.0 Å². The van der Waals surface area contributed by atoms with Crippen molar-refractivity contribution in [2.45, 2.75) is 37.8 Å². The Morgan fingerprint density at radius 3 is 3.00 bits per heavy atom. The predicted molar refractivity (Wildman–Crippen MR) is 84.9 cm³/mol. The first-order valence-electron chi connectivity index (χ1n) is 8.71. The minimum Gasteiger partial charge on any atom is -0.376 e. The number of nitrogens with one attached hydrogen (secondary N) is 1. The molecule has 0 unspecified atom stereocenters. The van der Waals surface area contributed by atoms with Gasteiger partial charge in [0, 0.05) is 26.2 Å². The topological polar surface area (TPSA) is 67.4 Å². The second-order valence-electron chi connectivity index (χ2n) is 7.11. The number of hydrogen-bond acceptors (Lipinski definition) is 5. The van der Waals surface area contributed by atoms with Gasteiger partial charge in [0.2, 0.25) is 0 Å². The van der Waals surface area contributed by atoms with E-state index < -0.39 is 0 Å². The largest absolute Gasteiger partial charge is 0.376 e. The number of hydrogen-bond donors (Lipinski definition) is 1. The smallest absolute Gasteiger partial charge is 0.253 e. The lowest BCUT2D eigenvalue weighted by Gasteiger charge is -2.46.